The van der Waals surface area contributed by atoms with E-state index >= 15 is 0 Å². The number of hydrogen-bond donors (Lipinski definition) is 2. The Labute approximate surface area is 75.2 Å². The molecule has 0 atom stereocenters. The van der Waals surface area contributed by atoms with E-state index in [2.05, 4.69) is 0 Å². The van der Waals surface area contributed by atoms with E-state index < -0.39 is 7.60 Å². The van der Waals surface area contributed by atoms with Crippen LogP contribution in [-0.4, -0.2) is 9.79 Å². The Morgan fingerprint density at radius 2 is 2.17 bits per heavy atom. The summed E-state index contributed by atoms with van der Waals surface area (Å²) in [6.45, 7) is 2.04. The Bertz CT molecular complexity index is 301. The summed E-state index contributed by atoms with van der Waals surface area (Å²) in [7, 11) is -4.00. The number of rotatable bonds is 3. The molecule has 0 aliphatic carbocycles. The zero-order chi connectivity index (χ0) is 9.19. The molecule has 0 saturated heterocycles. The van der Waals surface area contributed by atoms with Crippen LogP contribution in [0.25, 0.3) is 0 Å². The van der Waals surface area contributed by atoms with Crippen molar-refractivity contribution in [2.45, 2.75) is 19.8 Å². The first-order valence-electron chi connectivity index (χ1n) is 3.69. The maximum Gasteiger partial charge on any atom is 0.366 e. The lowest BCUT2D eigenvalue weighted by Crippen LogP contribution is -1.95. The van der Waals surface area contributed by atoms with Crippen molar-refractivity contribution in [2.24, 2.45) is 0 Å². The topological polar surface area (TPSA) is 57.5 Å². The van der Waals surface area contributed by atoms with Crippen molar-refractivity contribution in [1.29, 1.82) is 0 Å². The highest BCUT2D eigenvalue weighted by Crippen LogP contribution is 2.36. The van der Waals surface area contributed by atoms with Crippen LogP contribution in [0, 0.1) is 0 Å². The summed E-state index contributed by atoms with van der Waals surface area (Å²) < 4.78 is 10.9. The molecule has 1 aromatic heterocycles. The van der Waals surface area contributed by atoms with E-state index in [9.17, 15) is 4.57 Å². The molecular formula is C7H11O3PS. The fraction of sp³-hybridized carbons (Fsp3) is 0.429. The van der Waals surface area contributed by atoms with Gasteiger partial charge in [-0.2, -0.15) is 0 Å². The lowest BCUT2D eigenvalue weighted by molar-refractivity contribution is 0.388. The molecule has 0 aliphatic heterocycles. The van der Waals surface area contributed by atoms with Gasteiger partial charge in [-0.1, -0.05) is 13.3 Å². The van der Waals surface area contributed by atoms with Crippen LogP contribution in [0.15, 0.2) is 12.1 Å². The summed E-state index contributed by atoms with van der Waals surface area (Å²) in [5.41, 5.74) is 0. The van der Waals surface area contributed by atoms with E-state index in [1.54, 1.807) is 6.07 Å². The molecule has 0 amide bonds. The molecule has 0 spiro atoms. The van der Waals surface area contributed by atoms with Gasteiger partial charge in [-0.15, -0.1) is 11.3 Å². The minimum absolute atomic E-state index is 0.172. The van der Waals surface area contributed by atoms with E-state index in [0.717, 1.165) is 17.7 Å². The first-order valence-corrected chi connectivity index (χ1v) is 6.11. The average molecular weight is 206 g/mol. The van der Waals surface area contributed by atoms with Crippen LogP contribution in [0.4, 0.5) is 0 Å². The van der Waals surface area contributed by atoms with Crippen molar-refractivity contribution in [3.63, 3.8) is 0 Å². The number of aryl methyl sites for hydroxylation is 1. The molecule has 1 rings (SSSR count). The summed E-state index contributed by atoms with van der Waals surface area (Å²) >= 11 is 1.20. The zero-order valence-corrected chi connectivity index (χ0v) is 8.44. The van der Waals surface area contributed by atoms with Gasteiger partial charge in [0.1, 0.15) is 4.62 Å². The molecule has 3 nitrogen and oxygen atoms in total. The van der Waals surface area contributed by atoms with Gasteiger partial charge in [0.25, 0.3) is 0 Å². The number of thiophene rings is 1. The van der Waals surface area contributed by atoms with Crippen molar-refractivity contribution >= 4 is 23.6 Å². The Morgan fingerprint density at radius 1 is 1.50 bits per heavy atom. The quantitative estimate of drug-likeness (QED) is 0.737. The molecule has 1 heterocycles. The standard InChI is InChI=1S/C7H11O3PS/c1-2-3-6-4-5-7(12-6)11(8,9)10/h4-5H,2-3H2,1H3,(H2,8,9,10). The molecule has 68 valence electrons. The van der Waals surface area contributed by atoms with Crippen LogP contribution in [0.5, 0.6) is 0 Å². The monoisotopic (exact) mass is 206 g/mol. The second-order valence-electron chi connectivity index (χ2n) is 2.53. The molecule has 1 aromatic rings. The lowest BCUT2D eigenvalue weighted by Gasteiger charge is -1.97. The van der Waals surface area contributed by atoms with E-state index in [0.29, 0.717) is 0 Å². The lowest BCUT2D eigenvalue weighted by atomic mass is 10.3. The second kappa shape index (κ2) is 3.71. The van der Waals surface area contributed by atoms with Crippen LogP contribution in [-0.2, 0) is 11.0 Å². The van der Waals surface area contributed by atoms with Gasteiger partial charge in [-0.25, -0.2) is 0 Å². The molecule has 0 bridgehead atoms. The summed E-state index contributed by atoms with van der Waals surface area (Å²) in [6.07, 6.45) is 1.89. The fourth-order valence-electron chi connectivity index (χ4n) is 0.904. The average Bonchev–Trinajstić information content (AvgIpc) is 2.35. The van der Waals surface area contributed by atoms with E-state index in [4.69, 9.17) is 9.79 Å². The first kappa shape index (κ1) is 9.93. The third kappa shape index (κ3) is 2.42. The van der Waals surface area contributed by atoms with Gasteiger partial charge in [0.2, 0.25) is 0 Å². The second-order valence-corrected chi connectivity index (χ2v) is 5.57. The maximum atomic E-state index is 10.8. The molecule has 0 aliphatic rings. The van der Waals surface area contributed by atoms with E-state index in [1.165, 1.54) is 17.4 Å². The van der Waals surface area contributed by atoms with Gasteiger partial charge in [0.15, 0.2) is 0 Å². The summed E-state index contributed by atoms with van der Waals surface area (Å²) in [4.78, 5) is 18.6. The van der Waals surface area contributed by atoms with Gasteiger partial charge >= 0.3 is 7.60 Å². The summed E-state index contributed by atoms with van der Waals surface area (Å²) in [5.74, 6) is 0. The van der Waals surface area contributed by atoms with Gasteiger partial charge in [-0.3, -0.25) is 4.57 Å². The minimum Gasteiger partial charge on any atom is -0.320 e. The Kier molecular flexibility index (Phi) is 3.07. The zero-order valence-electron chi connectivity index (χ0n) is 6.73. The van der Waals surface area contributed by atoms with Crippen LogP contribution in [0.1, 0.15) is 18.2 Å². The van der Waals surface area contributed by atoms with Gasteiger partial charge in [0.05, 0.1) is 0 Å². The van der Waals surface area contributed by atoms with Gasteiger partial charge in [-0.05, 0) is 18.6 Å². The Morgan fingerprint density at radius 3 is 2.58 bits per heavy atom. The molecule has 0 saturated carbocycles. The van der Waals surface area contributed by atoms with Crippen LogP contribution >= 0.6 is 18.9 Å². The van der Waals surface area contributed by atoms with Crippen molar-refractivity contribution in [2.75, 3.05) is 0 Å². The molecular weight excluding hydrogens is 195 g/mol. The minimum atomic E-state index is -4.00. The molecule has 0 radical (unpaired) electrons. The highest BCUT2D eigenvalue weighted by Gasteiger charge is 2.18. The molecule has 0 aromatic carbocycles. The van der Waals surface area contributed by atoms with Crippen LogP contribution in [0.3, 0.4) is 0 Å². The van der Waals surface area contributed by atoms with Crippen molar-refractivity contribution < 1.29 is 14.4 Å². The molecule has 2 N–H and O–H groups in total. The van der Waals surface area contributed by atoms with Crippen molar-refractivity contribution in [3.05, 3.63) is 17.0 Å². The predicted molar refractivity (Wildman–Crippen MR) is 50.0 cm³/mol. The Hall–Kier alpha value is -0.150. The summed E-state index contributed by atoms with van der Waals surface area (Å²) in [5, 5.41) is 0. The van der Waals surface area contributed by atoms with E-state index in [-0.39, 0.29) is 4.62 Å². The fourth-order valence-corrected chi connectivity index (χ4v) is 2.85. The van der Waals surface area contributed by atoms with Crippen LogP contribution in [0.2, 0.25) is 0 Å². The largest absolute Gasteiger partial charge is 0.366 e. The van der Waals surface area contributed by atoms with Crippen molar-refractivity contribution in [1.82, 2.24) is 0 Å². The third-order valence-electron chi connectivity index (χ3n) is 1.43. The van der Waals surface area contributed by atoms with Crippen LogP contribution < -0.4 is 4.62 Å². The van der Waals surface area contributed by atoms with E-state index in [1.807, 2.05) is 6.92 Å². The molecule has 0 unspecified atom stereocenters. The van der Waals surface area contributed by atoms with Crippen molar-refractivity contribution in [3.8, 4) is 0 Å². The highest BCUT2D eigenvalue weighted by molar-refractivity contribution is 7.67. The maximum absolute atomic E-state index is 10.8. The van der Waals surface area contributed by atoms with Gasteiger partial charge in [0, 0.05) is 4.88 Å². The normalized spacial score (nSPS) is 11.9. The number of hydrogen-bond acceptors (Lipinski definition) is 2. The summed E-state index contributed by atoms with van der Waals surface area (Å²) in [6, 6.07) is 3.29. The molecule has 5 heteroatoms. The third-order valence-corrected chi connectivity index (χ3v) is 4.09. The first-order chi connectivity index (χ1) is 5.54. The molecule has 0 fully saturated rings. The smallest absolute Gasteiger partial charge is 0.320 e. The molecule has 12 heavy (non-hydrogen) atoms. The predicted octanol–water partition coefficient (Wildman–Crippen LogP) is 1.50. The SMILES string of the molecule is CCCc1ccc(P(=O)(O)O)s1. The highest BCUT2D eigenvalue weighted by atomic mass is 32.1. The Balaban J connectivity index is 2.85. The van der Waals surface area contributed by atoms with Gasteiger partial charge < -0.3 is 9.79 Å².